The number of carbonyl (C=O) groups excluding carboxylic acids is 2. The second-order valence-corrected chi connectivity index (χ2v) is 4.76. The average Bonchev–Trinajstić information content (AvgIpc) is 2.90. The van der Waals surface area contributed by atoms with Gasteiger partial charge < -0.3 is 24.4 Å². The molecular weight excluding hydrogens is 276 g/mol. The zero-order valence-corrected chi connectivity index (χ0v) is 11.5. The Hall–Kier alpha value is -2.44. The van der Waals surface area contributed by atoms with Crippen molar-refractivity contribution in [3.05, 3.63) is 18.2 Å². The van der Waals surface area contributed by atoms with Gasteiger partial charge in [-0.2, -0.15) is 0 Å². The lowest BCUT2D eigenvalue weighted by Crippen LogP contribution is -2.28. The zero-order valence-electron chi connectivity index (χ0n) is 11.5. The standard InChI is InChI=1S/C14H16N2O5/c17-13(3-4-16-5-6-21-14(16)18)15-10-1-2-11-12(9-10)20-8-7-19-11/h1-2,9H,3-8H2,(H,15,17). The van der Waals surface area contributed by atoms with E-state index in [4.69, 9.17) is 14.2 Å². The van der Waals surface area contributed by atoms with Crippen molar-refractivity contribution < 1.29 is 23.8 Å². The predicted octanol–water partition coefficient (Wildman–Crippen LogP) is 1.24. The minimum absolute atomic E-state index is 0.161. The van der Waals surface area contributed by atoms with Crippen LogP contribution in [0.3, 0.4) is 0 Å². The Kier molecular flexibility index (Phi) is 3.81. The number of carbonyl (C=O) groups is 2. The molecule has 0 unspecified atom stereocenters. The van der Waals surface area contributed by atoms with E-state index in [0.29, 0.717) is 50.1 Å². The molecule has 21 heavy (non-hydrogen) atoms. The molecule has 2 aliphatic heterocycles. The third-order valence-electron chi connectivity index (χ3n) is 3.28. The van der Waals surface area contributed by atoms with Crippen LogP contribution in [0.4, 0.5) is 10.5 Å². The van der Waals surface area contributed by atoms with Crippen LogP contribution in [0, 0.1) is 0 Å². The van der Waals surface area contributed by atoms with E-state index >= 15 is 0 Å². The van der Waals surface area contributed by atoms with Crippen LogP contribution in [0.1, 0.15) is 6.42 Å². The number of fused-ring (bicyclic) bond motifs is 1. The molecule has 1 aromatic carbocycles. The lowest BCUT2D eigenvalue weighted by Gasteiger charge is -2.19. The molecule has 7 heteroatoms. The van der Waals surface area contributed by atoms with Crippen LogP contribution < -0.4 is 14.8 Å². The highest BCUT2D eigenvalue weighted by Gasteiger charge is 2.22. The van der Waals surface area contributed by atoms with Crippen molar-refractivity contribution >= 4 is 17.7 Å². The fourth-order valence-electron chi connectivity index (χ4n) is 2.21. The molecule has 2 aliphatic rings. The lowest BCUT2D eigenvalue weighted by atomic mass is 10.2. The maximum atomic E-state index is 11.9. The number of cyclic esters (lactones) is 1. The summed E-state index contributed by atoms with van der Waals surface area (Å²) in [6.45, 7) is 2.32. The highest BCUT2D eigenvalue weighted by atomic mass is 16.6. The van der Waals surface area contributed by atoms with Gasteiger partial charge in [0, 0.05) is 24.7 Å². The predicted molar refractivity (Wildman–Crippen MR) is 73.6 cm³/mol. The molecule has 0 aromatic heterocycles. The largest absolute Gasteiger partial charge is 0.486 e. The summed E-state index contributed by atoms with van der Waals surface area (Å²) in [4.78, 5) is 24.6. The first-order valence-electron chi connectivity index (χ1n) is 6.83. The topological polar surface area (TPSA) is 77.1 Å². The monoisotopic (exact) mass is 292 g/mol. The number of amides is 2. The van der Waals surface area contributed by atoms with E-state index in [2.05, 4.69) is 5.32 Å². The molecule has 112 valence electrons. The van der Waals surface area contributed by atoms with E-state index in [1.807, 2.05) is 0 Å². The average molecular weight is 292 g/mol. The second kappa shape index (κ2) is 5.90. The van der Waals surface area contributed by atoms with Crippen LogP contribution in [0.5, 0.6) is 11.5 Å². The number of benzene rings is 1. The van der Waals surface area contributed by atoms with E-state index in [1.165, 1.54) is 4.90 Å². The molecule has 2 amide bonds. The van der Waals surface area contributed by atoms with E-state index in [-0.39, 0.29) is 18.4 Å². The molecule has 1 fully saturated rings. The summed E-state index contributed by atoms with van der Waals surface area (Å²) < 4.78 is 15.7. The lowest BCUT2D eigenvalue weighted by molar-refractivity contribution is -0.116. The molecule has 1 saturated heterocycles. The van der Waals surface area contributed by atoms with Gasteiger partial charge in [-0.15, -0.1) is 0 Å². The Morgan fingerprint density at radius 3 is 2.71 bits per heavy atom. The minimum Gasteiger partial charge on any atom is -0.486 e. The molecule has 0 saturated carbocycles. The van der Waals surface area contributed by atoms with Crippen molar-refractivity contribution in [2.75, 3.05) is 38.2 Å². The van der Waals surface area contributed by atoms with Crippen LogP contribution in [0.25, 0.3) is 0 Å². The Bertz CT molecular complexity index is 560. The number of hydrogen-bond donors (Lipinski definition) is 1. The molecule has 0 spiro atoms. The van der Waals surface area contributed by atoms with Crippen LogP contribution in [0.2, 0.25) is 0 Å². The summed E-state index contributed by atoms with van der Waals surface area (Å²) in [6.07, 6.45) is -0.133. The van der Waals surface area contributed by atoms with E-state index in [0.717, 1.165) is 0 Å². The van der Waals surface area contributed by atoms with Crippen molar-refractivity contribution in [2.45, 2.75) is 6.42 Å². The molecule has 1 N–H and O–H groups in total. The van der Waals surface area contributed by atoms with Gasteiger partial charge in [0.25, 0.3) is 0 Å². The first kappa shape index (κ1) is 13.5. The molecule has 1 aromatic rings. The highest BCUT2D eigenvalue weighted by Crippen LogP contribution is 2.32. The molecule has 0 aliphatic carbocycles. The van der Waals surface area contributed by atoms with Gasteiger partial charge in [-0.1, -0.05) is 0 Å². The van der Waals surface area contributed by atoms with Crippen LogP contribution in [-0.2, 0) is 9.53 Å². The van der Waals surface area contributed by atoms with Gasteiger partial charge >= 0.3 is 6.09 Å². The van der Waals surface area contributed by atoms with Crippen molar-refractivity contribution in [1.82, 2.24) is 4.90 Å². The first-order chi connectivity index (χ1) is 10.2. The van der Waals surface area contributed by atoms with Crippen molar-refractivity contribution in [2.24, 2.45) is 0 Å². The Balaban J connectivity index is 1.53. The maximum Gasteiger partial charge on any atom is 0.409 e. The minimum atomic E-state index is -0.359. The van der Waals surface area contributed by atoms with E-state index in [9.17, 15) is 9.59 Å². The van der Waals surface area contributed by atoms with E-state index in [1.54, 1.807) is 18.2 Å². The molecule has 0 atom stereocenters. The van der Waals surface area contributed by atoms with Crippen LogP contribution in [0.15, 0.2) is 18.2 Å². The molecular formula is C14H16N2O5. The summed E-state index contributed by atoms with van der Waals surface area (Å²) in [5, 5.41) is 2.78. The van der Waals surface area contributed by atoms with E-state index < -0.39 is 0 Å². The molecule has 2 heterocycles. The molecule has 0 bridgehead atoms. The van der Waals surface area contributed by atoms with Gasteiger partial charge in [0.2, 0.25) is 5.91 Å². The first-order valence-corrected chi connectivity index (χ1v) is 6.83. The van der Waals surface area contributed by atoms with Gasteiger partial charge in [-0.25, -0.2) is 4.79 Å². The van der Waals surface area contributed by atoms with Gasteiger partial charge in [-0.3, -0.25) is 4.79 Å². The van der Waals surface area contributed by atoms with Gasteiger partial charge in [-0.05, 0) is 12.1 Å². The maximum absolute atomic E-state index is 11.9. The smallest absolute Gasteiger partial charge is 0.409 e. The Morgan fingerprint density at radius 1 is 1.14 bits per heavy atom. The number of ether oxygens (including phenoxy) is 3. The van der Waals surface area contributed by atoms with Crippen LogP contribution >= 0.6 is 0 Å². The SMILES string of the molecule is O=C(CCN1CCOC1=O)Nc1ccc2c(c1)OCCO2. The molecule has 7 nitrogen and oxygen atoms in total. The fraction of sp³-hybridized carbons (Fsp3) is 0.429. The fourth-order valence-corrected chi connectivity index (χ4v) is 2.21. The van der Waals surface area contributed by atoms with Crippen LogP contribution in [-0.4, -0.2) is 49.8 Å². The van der Waals surface area contributed by atoms with Crippen molar-refractivity contribution in [3.63, 3.8) is 0 Å². The summed E-state index contributed by atoms with van der Waals surface area (Å²) in [6, 6.07) is 5.26. The number of anilines is 1. The number of rotatable bonds is 4. The van der Waals surface area contributed by atoms with Gasteiger partial charge in [0.15, 0.2) is 11.5 Å². The third kappa shape index (κ3) is 3.18. The summed E-state index contributed by atoms with van der Waals surface area (Å²) >= 11 is 0. The summed E-state index contributed by atoms with van der Waals surface area (Å²) in [5.74, 6) is 1.15. The van der Waals surface area contributed by atoms with Crippen molar-refractivity contribution in [1.29, 1.82) is 0 Å². The Morgan fingerprint density at radius 2 is 1.95 bits per heavy atom. The normalized spacial score (nSPS) is 16.6. The zero-order chi connectivity index (χ0) is 14.7. The number of nitrogens with one attached hydrogen (secondary N) is 1. The molecule has 3 rings (SSSR count). The van der Waals surface area contributed by atoms with Gasteiger partial charge in [0.1, 0.15) is 19.8 Å². The highest BCUT2D eigenvalue weighted by molar-refractivity contribution is 5.91. The summed E-state index contributed by atoms with van der Waals surface area (Å²) in [7, 11) is 0. The molecule has 0 radical (unpaired) electrons. The Labute approximate surface area is 121 Å². The van der Waals surface area contributed by atoms with Crippen molar-refractivity contribution in [3.8, 4) is 11.5 Å². The summed E-state index contributed by atoms with van der Waals surface area (Å²) in [5.41, 5.74) is 0.647. The quantitative estimate of drug-likeness (QED) is 0.903. The number of nitrogens with zero attached hydrogens (tertiary/aromatic N) is 1. The van der Waals surface area contributed by atoms with Gasteiger partial charge in [0.05, 0.1) is 6.54 Å². The second-order valence-electron chi connectivity index (χ2n) is 4.76. The number of hydrogen-bond acceptors (Lipinski definition) is 5. The third-order valence-corrected chi connectivity index (χ3v) is 3.28.